The largest absolute Gasteiger partial charge is 0.445 e. The maximum absolute atomic E-state index is 13.4. The number of unbranched alkanes of at least 4 members (excludes halogenated alkanes) is 2. The van der Waals surface area contributed by atoms with Crippen LogP contribution in [0.2, 0.25) is 0 Å². The van der Waals surface area contributed by atoms with Gasteiger partial charge in [0.05, 0.1) is 0 Å². The molecule has 0 saturated heterocycles. The lowest BCUT2D eigenvalue weighted by molar-refractivity contribution is -0.137. The lowest BCUT2D eigenvalue weighted by Crippen LogP contribution is -2.54. The van der Waals surface area contributed by atoms with Crippen LogP contribution in [0.3, 0.4) is 0 Å². The van der Waals surface area contributed by atoms with Crippen LogP contribution in [0.4, 0.5) is 10.5 Å². The summed E-state index contributed by atoms with van der Waals surface area (Å²) in [6.45, 7) is 5.31. The Bertz CT molecular complexity index is 1270. The molecule has 0 spiro atoms. The number of aliphatic hydroxyl groups is 1. The number of amides is 6. The van der Waals surface area contributed by atoms with E-state index in [4.69, 9.17) is 10.5 Å². The van der Waals surface area contributed by atoms with Gasteiger partial charge in [-0.3, -0.25) is 39.9 Å². The Balaban J connectivity index is 1.94. The number of benzene rings is 1. The Morgan fingerprint density at radius 2 is 1.61 bits per heavy atom. The normalized spacial score (nSPS) is 14.4. The molecule has 1 heterocycles. The van der Waals surface area contributed by atoms with Crippen molar-refractivity contribution in [1.29, 1.82) is 0 Å². The van der Waals surface area contributed by atoms with Gasteiger partial charge in [-0.2, -0.15) is 0 Å². The van der Waals surface area contributed by atoms with E-state index in [2.05, 4.69) is 26.6 Å². The third-order valence-electron chi connectivity index (χ3n) is 7.70. The van der Waals surface area contributed by atoms with Gasteiger partial charge in [-0.1, -0.05) is 32.4 Å². The molecule has 2 rings (SSSR count). The molecule has 0 bridgehead atoms. The van der Waals surface area contributed by atoms with E-state index in [9.17, 15) is 33.9 Å². The lowest BCUT2D eigenvalue weighted by Gasteiger charge is -2.25. The second-order valence-corrected chi connectivity index (χ2v) is 12.1. The van der Waals surface area contributed by atoms with Crippen LogP contribution in [0.15, 0.2) is 36.4 Å². The first kappa shape index (κ1) is 40.8. The van der Waals surface area contributed by atoms with Crippen molar-refractivity contribution in [2.24, 2.45) is 11.7 Å². The first-order valence-corrected chi connectivity index (χ1v) is 16.5. The molecule has 0 saturated carbocycles. The molecular weight excluding hydrogens is 636 g/mol. The lowest BCUT2D eigenvalue weighted by atomic mass is 10.0. The number of carbonyl (C=O) groups excluding carboxylic acids is 6. The van der Waals surface area contributed by atoms with Crippen LogP contribution in [0, 0.1) is 5.92 Å². The highest BCUT2D eigenvalue weighted by molar-refractivity contribution is 6.12. The predicted molar refractivity (Wildman–Crippen MR) is 182 cm³/mol. The van der Waals surface area contributed by atoms with Gasteiger partial charge in [-0.05, 0) is 62.9 Å². The summed E-state index contributed by atoms with van der Waals surface area (Å²) in [5.41, 5.74) is 6.52. The van der Waals surface area contributed by atoms with E-state index >= 15 is 0 Å². The van der Waals surface area contributed by atoms with Crippen molar-refractivity contribution < 1.29 is 38.6 Å². The first-order chi connectivity index (χ1) is 23.3. The van der Waals surface area contributed by atoms with Crippen molar-refractivity contribution in [3.63, 3.8) is 0 Å². The maximum atomic E-state index is 13.4. The molecule has 272 valence electrons. The Kier molecular flexibility index (Phi) is 18.0. The van der Waals surface area contributed by atoms with E-state index in [1.807, 2.05) is 0 Å². The third-order valence-corrected chi connectivity index (χ3v) is 7.70. The van der Waals surface area contributed by atoms with Gasteiger partial charge in [0, 0.05) is 50.9 Å². The van der Waals surface area contributed by atoms with Crippen LogP contribution in [-0.4, -0.2) is 109 Å². The van der Waals surface area contributed by atoms with Gasteiger partial charge in [0.25, 0.3) is 11.8 Å². The monoisotopic (exact) mass is 688 g/mol. The first-order valence-electron chi connectivity index (χ1n) is 16.5. The molecule has 8 N–H and O–H groups in total. The maximum Gasteiger partial charge on any atom is 0.409 e. The number of nitrogens with two attached hydrogens (primary N) is 1. The minimum absolute atomic E-state index is 0.0519. The van der Waals surface area contributed by atoms with Gasteiger partial charge >= 0.3 is 6.09 Å². The van der Waals surface area contributed by atoms with E-state index in [0.717, 1.165) is 4.90 Å². The number of carbonyl (C=O) groups is 6. The fourth-order valence-corrected chi connectivity index (χ4v) is 4.79. The van der Waals surface area contributed by atoms with Gasteiger partial charge in [0.2, 0.25) is 17.7 Å². The number of anilines is 1. The Morgan fingerprint density at radius 1 is 0.939 bits per heavy atom. The summed E-state index contributed by atoms with van der Waals surface area (Å²) < 4.78 is 5.32. The molecule has 0 aliphatic carbocycles. The molecule has 0 aromatic heterocycles. The number of imide groups is 1. The second-order valence-electron chi connectivity index (χ2n) is 12.1. The molecule has 0 radical (unpaired) electrons. The van der Waals surface area contributed by atoms with Crippen LogP contribution in [0.1, 0.15) is 57.9 Å². The summed E-state index contributed by atoms with van der Waals surface area (Å²) >= 11 is 0. The van der Waals surface area contributed by atoms with Crippen LogP contribution in [-0.2, 0) is 35.3 Å². The average Bonchev–Trinajstić information content (AvgIpc) is 3.38. The van der Waals surface area contributed by atoms with E-state index in [1.54, 1.807) is 52.2 Å². The average molecular weight is 689 g/mol. The van der Waals surface area contributed by atoms with Crippen LogP contribution < -0.4 is 32.3 Å². The fraction of sp³-hybridized carbons (Fsp3) is 0.576. The number of hydrogen-bond acceptors (Lipinski definition) is 11. The topological polar surface area (TPSA) is 225 Å². The van der Waals surface area contributed by atoms with Crippen molar-refractivity contribution in [2.75, 3.05) is 45.6 Å². The van der Waals surface area contributed by atoms with Gasteiger partial charge in [-0.25, -0.2) is 4.79 Å². The molecule has 16 nitrogen and oxygen atoms in total. The molecule has 6 amide bonds. The van der Waals surface area contributed by atoms with E-state index in [0.29, 0.717) is 50.0 Å². The fourth-order valence-electron chi connectivity index (χ4n) is 4.79. The Hall–Kier alpha value is -4.38. The molecule has 3 atom stereocenters. The third kappa shape index (κ3) is 15.2. The van der Waals surface area contributed by atoms with Crippen molar-refractivity contribution >= 4 is 41.3 Å². The number of rotatable bonds is 22. The number of nitrogens with zero attached hydrogens (tertiary/aromatic N) is 2. The smallest absolute Gasteiger partial charge is 0.409 e. The van der Waals surface area contributed by atoms with E-state index < -0.39 is 36.3 Å². The van der Waals surface area contributed by atoms with Crippen LogP contribution in [0.5, 0.6) is 0 Å². The molecule has 49 heavy (non-hydrogen) atoms. The van der Waals surface area contributed by atoms with Gasteiger partial charge in [0.1, 0.15) is 18.7 Å². The molecule has 0 fully saturated rings. The van der Waals surface area contributed by atoms with Crippen molar-refractivity contribution in [3.05, 3.63) is 42.0 Å². The second kappa shape index (κ2) is 21.6. The van der Waals surface area contributed by atoms with E-state index in [1.165, 1.54) is 17.1 Å². The van der Waals surface area contributed by atoms with Crippen LogP contribution in [0.25, 0.3) is 0 Å². The zero-order valence-corrected chi connectivity index (χ0v) is 28.8. The predicted octanol–water partition coefficient (Wildman–Crippen LogP) is 0.128. The van der Waals surface area contributed by atoms with Gasteiger partial charge in [-0.15, -0.1) is 0 Å². The molecule has 1 aliphatic rings. The molecule has 1 aromatic carbocycles. The summed E-state index contributed by atoms with van der Waals surface area (Å²) in [4.78, 5) is 77.6. The highest BCUT2D eigenvalue weighted by atomic mass is 16.6. The molecule has 16 heteroatoms. The molecule has 1 aliphatic heterocycles. The standard InChI is InChI=1S/C33H52N8O8/c1-22(2)29(39-26(42)10-6-5-7-19-41-27(43)15-16-28(41)44)31(46)38-25(9-8-17-36-32(34)47)30(45)37-24-13-11-23(12-14-24)21-49-33(48)40(4)20-18-35-3/h11-16,22,25,29,32,35-36,47H,5-10,17-21,34H2,1-4H3,(H,37,45)(H,38,46)(H,39,42)/t25-,29-,32?/m0/s1. The minimum Gasteiger partial charge on any atom is -0.445 e. The molecule has 1 aromatic rings. The van der Waals surface area contributed by atoms with Gasteiger partial charge < -0.3 is 36.0 Å². The van der Waals surface area contributed by atoms with E-state index in [-0.39, 0.29) is 56.2 Å². The van der Waals surface area contributed by atoms with Crippen molar-refractivity contribution in [2.45, 2.75) is 77.4 Å². The van der Waals surface area contributed by atoms with Crippen molar-refractivity contribution in [3.8, 4) is 0 Å². The number of hydrogen-bond donors (Lipinski definition) is 7. The SMILES string of the molecule is CNCCN(C)C(=O)OCc1ccc(NC(=O)[C@H](CCCNC(N)O)NC(=O)[C@@H](NC(=O)CCCCCN2C(=O)C=CC2=O)C(C)C)cc1. The minimum atomic E-state index is -1.23. The summed E-state index contributed by atoms with van der Waals surface area (Å²) in [5, 5.41) is 23.3. The summed E-state index contributed by atoms with van der Waals surface area (Å²) in [5.74, 6) is -2.30. The summed E-state index contributed by atoms with van der Waals surface area (Å²) in [6, 6.07) is 4.86. The summed E-state index contributed by atoms with van der Waals surface area (Å²) in [7, 11) is 3.44. The summed E-state index contributed by atoms with van der Waals surface area (Å²) in [6.07, 6.45) is 3.20. The van der Waals surface area contributed by atoms with Crippen LogP contribution >= 0.6 is 0 Å². The number of aliphatic hydroxyl groups excluding tert-OH is 1. The molecule has 1 unspecified atom stereocenters. The number of likely N-dealkylation sites (N-methyl/N-ethyl adjacent to an activating group) is 2. The highest BCUT2D eigenvalue weighted by Gasteiger charge is 2.29. The molecular formula is C33H52N8O8. The van der Waals surface area contributed by atoms with Crippen molar-refractivity contribution in [1.82, 2.24) is 31.1 Å². The zero-order valence-electron chi connectivity index (χ0n) is 28.8. The number of ether oxygens (including phenoxy) is 1. The Morgan fingerprint density at radius 3 is 2.22 bits per heavy atom. The quantitative estimate of drug-likeness (QED) is 0.0492. The van der Waals surface area contributed by atoms with Gasteiger partial charge in [0.15, 0.2) is 6.35 Å². The highest BCUT2D eigenvalue weighted by Crippen LogP contribution is 2.14. The zero-order chi connectivity index (χ0) is 36.3. The number of nitrogens with one attached hydrogen (secondary N) is 5. The Labute approximate surface area is 287 Å².